The van der Waals surface area contributed by atoms with Crippen molar-refractivity contribution in [1.29, 1.82) is 0 Å². The Balaban J connectivity index is 1.93. The molecule has 3 rings (SSSR count). The standard InChI is InChI=1S/C13H15N5O3/c1-2-10-9(5-14-13-15-7-16-18(10)13)11(19)17-4-3-8(6-17)12(20)21/h5,7-8H,2-4,6H2,1H3,(H,20,21). The van der Waals surface area contributed by atoms with Crippen LogP contribution in [0.15, 0.2) is 12.5 Å². The fourth-order valence-corrected chi connectivity index (χ4v) is 2.66. The number of fused-ring (bicyclic) bond motifs is 1. The molecule has 1 saturated heterocycles. The van der Waals surface area contributed by atoms with Crippen molar-refractivity contribution < 1.29 is 14.7 Å². The highest BCUT2D eigenvalue weighted by molar-refractivity contribution is 5.95. The predicted octanol–water partition coefficient (Wildman–Crippen LogP) is 0.233. The lowest BCUT2D eigenvalue weighted by Gasteiger charge is -2.17. The van der Waals surface area contributed by atoms with Crippen LogP contribution in [0.2, 0.25) is 0 Å². The van der Waals surface area contributed by atoms with Gasteiger partial charge in [-0.25, -0.2) is 9.50 Å². The second-order valence-corrected chi connectivity index (χ2v) is 5.02. The molecule has 2 aromatic rings. The summed E-state index contributed by atoms with van der Waals surface area (Å²) in [6.45, 7) is 2.62. The summed E-state index contributed by atoms with van der Waals surface area (Å²) in [5.41, 5.74) is 1.20. The molecule has 1 aliphatic heterocycles. The first-order valence-electron chi connectivity index (χ1n) is 6.81. The maximum atomic E-state index is 12.6. The van der Waals surface area contributed by atoms with Gasteiger partial charge in [0.2, 0.25) is 0 Å². The third-order valence-electron chi connectivity index (χ3n) is 3.80. The molecule has 8 heteroatoms. The smallest absolute Gasteiger partial charge is 0.308 e. The first-order chi connectivity index (χ1) is 10.1. The first-order valence-corrected chi connectivity index (χ1v) is 6.81. The van der Waals surface area contributed by atoms with Gasteiger partial charge in [-0.05, 0) is 12.8 Å². The van der Waals surface area contributed by atoms with E-state index in [0.29, 0.717) is 30.7 Å². The van der Waals surface area contributed by atoms with Crippen molar-refractivity contribution in [2.75, 3.05) is 13.1 Å². The lowest BCUT2D eigenvalue weighted by molar-refractivity contribution is -0.141. The maximum Gasteiger partial charge on any atom is 0.308 e. The number of aliphatic carboxylic acids is 1. The molecule has 1 N–H and O–H groups in total. The number of rotatable bonds is 3. The van der Waals surface area contributed by atoms with Crippen LogP contribution in [0.25, 0.3) is 5.78 Å². The van der Waals surface area contributed by atoms with Gasteiger partial charge >= 0.3 is 5.97 Å². The number of carbonyl (C=O) groups is 2. The molecule has 0 aromatic carbocycles. The number of hydrogen-bond donors (Lipinski definition) is 1. The molecule has 8 nitrogen and oxygen atoms in total. The molecule has 0 saturated carbocycles. The number of hydrogen-bond acceptors (Lipinski definition) is 5. The lowest BCUT2D eigenvalue weighted by Crippen LogP contribution is -2.31. The number of likely N-dealkylation sites (tertiary alicyclic amines) is 1. The van der Waals surface area contributed by atoms with E-state index in [1.165, 1.54) is 12.5 Å². The summed E-state index contributed by atoms with van der Waals surface area (Å²) < 4.78 is 1.55. The van der Waals surface area contributed by atoms with Crippen molar-refractivity contribution in [3.63, 3.8) is 0 Å². The maximum absolute atomic E-state index is 12.6. The molecule has 21 heavy (non-hydrogen) atoms. The van der Waals surface area contributed by atoms with Gasteiger partial charge in [0.1, 0.15) is 6.33 Å². The van der Waals surface area contributed by atoms with E-state index in [-0.39, 0.29) is 12.5 Å². The van der Waals surface area contributed by atoms with Crippen LogP contribution in [0.3, 0.4) is 0 Å². The van der Waals surface area contributed by atoms with Crippen LogP contribution in [-0.2, 0) is 11.2 Å². The van der Waals surface area contributed by atoms with Gasteiger partial charge in [0.25, 0.3) is 11.7 Å². The van der Waals surface area contributed by atoms with Gasteiger partial charge in [-0.2, -0.15) is 10.1 Å². The molecule has 1 aliphatic rings. The fraction of sp³-hybridized carbons (Fsp3) is 0.462. The average Bonchev–Trinajstić information content (AvgIpc) is 3.13. The highest BCUT2D eigenvalue weighted by atomic mass is 16.4. The molecular formula is C13H15N5O3. The molecule has 2 aromatic heterocycles. The monoisotopic (exact) mass is 289 g/mol. The summed E-state index contributed by atoms with van der Waals surface area (Å²) in [5, 5.41) is 13.1. The molecule has 0 bridgehead atoms. The van der Waals surface area contributed by atoms with Crippen LogP contribution in [0.5, 0.6) is 0 Å². The minimum Gasteiger partial charge on any atom is -0.481 e. The van der Waals surface area contributed by atoms with Crippen molar-refractivity contribution >= 4 is 17.7 Å². The summed E-state index contributed by atoms with van der Waals surface area (Å²) in [6, 6.07) is 0. The second kappa shape index (κ2) is 5.12. The van der Waals surface area contributed by atoms with Crippen LogP contribution in [0.4, 0.5) is 0 Å². The number of amides is 1. The summed E-state index contributed by atoms with van der Waals surface area (Å²) in [7, 11) is 0. The van der Waals surface area contributed by atoms with Crippen LogP contribution < -0.4 is 0 Å². The van der Waals surface area contributed by atoms with E-state index in [0.717, 1.165) is 5.69 Å². The average molecular weight is 289 g/mol. The summed E-state index contributed by atoms with van der Waals surface area (Å²) >= 11 is 0. The SMILES string of the molecule is CCc1c(C(=O)N2CCC(C(=O)O)C2)cnc2ncnn12. The van der Waals surface area contributed by atoms with E-state index >= 15 is 0 Å². The van der Waals surface area contributed by atoms with Gasteiger partial charge in [0, 0.05) is 19.3 Å². The number of nitrogens with zero attached hydrogens (tertiary/aromatic N) is 5. The van der Waals surface area contributed by atoms with Crippen molar-refractivity contribution in [3.8, 4) is 0 Å². The highest BCUT2D eigenvalue weighted by Crippen LogP contribution is 2.20. The Bertz CT molecular complexity index is 711. The summed E-state index contributed by atoms with van der Waals surface area (Å²) in [4.78, 5) is 33.3. The molecule has 0 aliphatic carbocycles. The van der Waals surface area contributed by atoms with Crippen molar-refractivity contribution in [2.24, 2.45) is 5.92 Å². The van der Waals surface area contributed by atoms with Gasteiger partial charge < -0.3 is 10.0 Å². The Morgan fingerprint density at radius 1 is 1.43 bits per heavy atom. The van der Waals surface area contributed by atoms with E-state index < -0.39 is 11.9 Å². The first kappa shape index (κ1) is 13.5. The van der Waals surface area contributed by atoms with Gasteiger partial charge in [0.15, 0.2) is 0 Å². The number of carboxylic acids is 1. The third kappa shape index (κ3) is 2.22. The third-order valence-corrected chi connectivity index (χ3v) is 3.80. The second-order valence-electron chi connectivity index (χ2n) is 5.02. The molecule has 1 unspecified atom stereocenters. The van der Waals surface area contributed by atoms with E-state index in [1.807, 2.05) is 6.92 Å². The molecule has 1 fully saturated rings. The quantitative estimate of drug-likeness (QED) is 0.868. The molecular weight excluding hydrogens is 274 g/mol. The van der Waals surface area contributed by atoms with E-state index in [9.17, 15) is 9.59 Å². The largest absolute Gasteiger partial charge is 0.481 e. The Morgan fingerprint density at radius 3 is 2.90 bits per heavy atom. The van der Waals surface area contributed by atoms with E-state index in [2.05, 4.69) is 15.1 Å². The number of aryl methyl sites for hydroxylation is 1. The van der Waals surface area contributed by atoms with Gasteiger partial charge in [-0.3, -0.25) is 9.59 Å². The topological polar surface area (TPSA) is 101 Å². The van der Waals surface area contributed by atoms with Crippen molar-refractivity contribution in [2.45, 2.75) is 19.8 Å². The fourth-order valence-electron chi connectivity index (χ4n) is 2.66. The zero-order chi connectivity index (χ0) is 15.0. The molecule has 3 heterocycles. The van der Waals surface area contributed by atoms with Crippen molar-refractivity contribution in [1.82, 2.24) is 24.5 Å². The van der Waals surface area contributed by atoms with Crippen LogP contribution in [-0.4, -0.2) is 54.6 Å². The van der Waals surface area contributed by atoms with E-state index in [1.54, 1.807) is 9.42 Å². The normalized spacial score (nSPS) is 18.3. The van der Waals surface area contributed by atoms with Crippen LogP contribution in [0, 0.1) is 5.92 Å². The molecule has 0 spiro atoms. The molecule has 1 atom stereocenters. The number of carbonyl (C=O) groups excluding carboxylic acids is 1. The molecule has 110 valence electrons. The minimum absolute atomic E-state index is 0.194. The summed E-state index contributed by atoms with van der Waals surface area (Å²) in [5.74, 6) is -1.08. The van der Waals surface area contributed by atoms with Gasteiger partial charge in [-0.15, -0.1) is 0 Å². The van der Waals surface area contributed by atoms with Crippen LogP contribution >= 0.6 is 0 Å². The Morgan fingerprint density at radius 2 is 2.24 bits per heavy atom. The Labute approximate surface area is 120 Å². The van der Waals surface area contributed by atoms with E-state index in [4.69, 9.17) is 5.11 Å². The Kier molecular flexibility index (Phi) is 3.28. The number of aromatic nitrogens is 4. The van der Waals surface area contributed by atoms with Crippen molar-refractivity contribution in [3.05, 3.63) is 23.8 Å². The predicted molar refractivity (Wildman–Crippen MR) is 71.8 cm³/mol. The van der Waals surface area contributed by atoms with Gasteiger partial charge in [-0.1, -0.05) is 6.92 Å². The summed E-state index contributed by atoms with van der Waals surface area (Å²) in [6.07, 6.45) is 3.99. The molecule has 0 radical (unpaired) electrons. The zero-order valence-electron chi connectivity index (χ0n) is 11.6. The lowest BCUT2D eigenvalue weighted by atomic mass is 10.1. The van der Waals surface area contributed by atoms with Crippen LogP contribution in [0.1, 0.15) is 29.4 Å². The number of carboxylic acid groups (broad SMARTS) is 1. The Hall–Kier alpha value is -2.51. The highest BCUT2D eigenvalue weighted by Gasteiger charge is 2.32. The zero-order valence-corrected chi connectivity index (χ0v) is 11.6. The minimum atomic E-state index is -0.856. The molecule has 1 amide bonds. The van der Waals surface area contributed by atoms with Gasteiger partial charge in [0.05, 0.1) is 17.2 Å².